The molecule has 31 heavy (non-hydrogen) atoms. The molecule has 1 fully saturated rings. The summed E-state index contributed by atoms with van der Waals surface area (Å²) < 4.78 is 0. The summed E-state index contributed by atoms with van der Waals surface area (Å²) in [4.78, 5) is 32.1. The van der Waals surface area contributed by atoms with Crippen molar-refractivity contribution in [1.29, 1.82) is 0 Å². The lowest BCUT2D eigenvalue weighted by molar-refractivity contribution is -0.142. The van der Waals surface area contributed by atoms with Gasteiger partial charge in [-0.1, -0.05) is 62.4 Å². The van der Waals surface area contributed by atoms with Crippen molar-refractivity contribution in [3.8, 4) is 0 Å². The topological polar surface area (TPSA) is 150 Å². The second kappa shape index (κ2) is 14.5. The smallest absolute Gasteiger partial charge is 0.320 e. The van der Waals surface area contributed by atoms with E-state index in [0.29, 0.717) is 19.3 Å². The maximum Gasteiger partial charge on any atom is 0.320 e. The minimum Gasteiger partial charge on any atom is -0.480 e. The number of hydrogen-bond acceptors (Lipinski definition) is 5. The monoisotopic (exact) mass is 436 g/mol. The molecule has 0 aliphatic heterocycles. The van der Waals surface area contributed by atoms with Gasteiger partial charge in [-0.05, 0) is 44.1 Å². The highest BCUT2D eigenvalue weighted by atomic mass is 16.4. The number of rotatable bonds is 11. The second-order valence-electron chi connectivity index (χ2n) is 8.17. The van der Waals surface area contributed by atoms with Gasteiger partial charge in [-0.3, -0.25) is 19.7 Å². The molecule has 8 heteroatoms. The Morgan fingerprint density at radius 3 is 2.10 bits per heavy atom. The summed E-state index contributed by atoms with van der Waals surface area (Å²) in [5, 5.41) is 28.9. The van der Waals surface area contributed by atoms with Gasteiger partial charge in [0.05, 0.1) is 0 Å². The van der Waals surface area contributed by atoms with Gasteiger partial charge in [0.25, 0.3) is 0 Å². The largest absolute Gasteiger partial charge is 0.480 e. The minimum absolute atomic E-state index is 0.358. The lowest BCUT2D eigenvalue weighted by Crippen LogP contribution is -2.45. The van der Waals surface area contributed by atoms with Crippen LogP contribution in [-0.2, 0) is 20.8 Å². The second-order valence-corrected chi connectivity index (χ2v) is 8.17. The van der Waals surface area contributed by atoms with Crippen molar-refractivity contribution >= 4 is 17.9 Å². The highest BCUT2D eigenvalue weighted by Gasteiger charge is 2.22. The van der Waals surface area contributed by atoms with Crippen molar-refractivity contribution < 1.29 is 29.7 Å². The van der Waals surface area contributed by atoms with Crippen molar-refractivity contribution in [3.63, 3.8) is 0 Å². The predicted molar refractivity (Wildman–Crippen MR) is 118 cm³/mol. The van der Waals surface area contributed by atoms with E-state index in [1.807, 2.05) is 30.3 Å². The highest BCUT2D eigenvalue weighted by molar-refractivity contribution is 5.77. The molecule has 0 spiro atoms. The summed E-state index contributed by atoms with van der Waals surface area (Å²) in [5.41, 5.74) is 6.47. The molecule has 0 unspecified atom stereocenters. The maximum absolute atomic E-state index is 11.0. The number of carboxylic acids is 3. The number of hydrogen-bond donors (Lipinski definition) is 5. The third-order valence-electron chi connectivity index (χ3n) is 5.61. The van der Waals surface area contributed by atoms with Crippen LogP contribution < -0.4 is 11.1 Å². The van der Waals surface area contributed by atoms with Crippen LogP contribution in [0, 0.1) is 5.92 Å². The summed E-state index contributed by atoms with van der Waals surface area (Å²) >= 11 is 0. The quantitative estimate of drug-likeness (QED) is 0.355. The van der Waals surface area contributed by atoms with E-state index in [1.165, 1.54) is 39.0 Å². The van der Waals surface area contributed by atoms with E-state index in [1.54, 1.807) is 0 Å². The number of carbonyl (C=O) groups is 3. The molecular formula is C23H36N2O6. The average Bonchev–Trinajstić information content (AvgIpc) is 2.76. The number of aryl methyl sites for hydroxylation is 1. The molecule has 0 bridgehead atoms. The van der Waals surface area contributed by atoms with E-state index < -0.39 is 36.0 Å². The number of carboxylic acid groups (broad SMARTS) is 3. The van der Waals surface area contributed by atoms with Crippen LogP contribution in [0.15, 0.2) is 30.3 Å². The van der Waals surface area contributed by atoms with Crippen molar-refractivity contribution in [1.82, 2.24) is 5.32 Å². The lowest BCUT2D eigenvalue weighted by Gasteiger charge is -2.21. The third-order valence-corrected chi connectivity index (χ3v) is 5.61. The Kier molecular flexibility index (Phi) is 12.5. The Labute approximate surface area is 183 Å². The fourth-order valence-electron chi connectivity index (χ4n) is 3.62. The van der Waals surface area contributed by atoms with E-state index in [-0.39, 0.29) is 0 Å². The first-order valence-electron chi connectivity index (χ1n) is 10.9. The third kappa shape index (κ3) is 11.5. The molecular weight excluding hydrogens is 400 g/mol. The Morgan fingerprint density at radius 1 is 0.968 bits per heavy atom. The van der Waals surface area contributed by atoms with Gasteiger partial charge >= 0.3 is 17.9 Å². The molecule has 1 aromatic carbocycles. The van der Waals surface area contributed by atoms with Crippen LogP contribution in [0.2, 0.25) is 0 Å². The van der Waals surface area contributed by atoms with Crippen LogP contribution in [0.25, 0.3) is 0 Å². The first-order chi connectivity index (χ1) is 14.7. The number of nitrogens with two attached hydrogens (primary N) is 1. The summed E-state index contributed by atoms with van der Waals surface area (Å²) in [6.45, 7) is 1.43. The molecule has 174 valence electrons. The van der Waals surface area contributed by atoms with Crippen LogP contribution in [0.3, 0.4) is 0 Å². The van der Waals surface area contributed by atoms with Crippen LogP contribution in [0.4, 0.5) is 0 Å². The molecule has 1 aliphatic carbocycles. The van der Waals surface area contributed by atoms with E-state index >= 15 is 0 Å². The molecule has 1 saturated carbocycles. The summed E-state index contributed by atoms with van der Waals surface area (Å²) in [5.74, 6) is -2.21. The van der Waals surface area contributed by atoms with Gasteiger partial charge in [-0.15, -0.1) is 0 Å². The van der Waals surface area contributed by atoms with Crippen LogP contribution in [-0.4, -0.2) is 51.4 Å². The van der Waals surface area contributed by atoms with E-state index in [0.717, 1.165) is 17.9 Å². The standard InChI is InChI=1S/C13H17NO4.C10H19NO2/c1-9(12(15)16)14-11(13(17)18)8-7-10-5-3-2-4-6-10;11-9(10(12)13)7-6-8-4-2-1-3-5-8/h2-6,9,11,14H,7-8H2,1H3,(H,15,16)(H,17,18);8-9H,1-7,11H2,(H,12,13)/t9-,11+;9-/m10/s1. The zero-order chi connectivity index (χ0) is 23.2. The predicted octanol–water partition coefficient (Wildman–Crippen LogP) is 2.89. The molecule has 6 N–H and O–H groups in total. The Morgan fingerprint density at radius 2 is 1.58 bits per heavy atom. The molecule has 0 amide bonds. The fraction of sp³-hybridized carbons (Fsp3) is 0.609. The van der Waals surface area contributed by atoms with Gasteiger partial charge < -0.3 is 21.1 Å². The molecule has 2 rings (SSSR count). The van der Waals surface area contributed by atoms with Crippen LogP contribution in [0.5, 0.6) is 0 Å². The SMILES string of the molecule is C[C@@H](N[C@@H](CCc1ccccc1)C(=O)O)C(=O)O.N[C@@H](CCC1CCCCC1)C(=O)O. The number of benzene rings is 1. The van der Waals surface area contributed by atoms with Gasteiger partial charge in [0.15, 0.2) is 0 Å². The molecule has 0 saturated heterocycles. The highest BCUT2D eigenvalue weighted by Crippen LogP contribution is 2.27. The fourth-order valence-corrected chi connectivity index (χ4v) is 3.62. The first-order valence-corrected chi connectivity index (χ1v) is 10.9. The molecule has 3 atom stereocenters. The zero-order valence-corrected chi connectivity index (χ0v) is 18.2. The van der Waals surface area contributed by atoms with Crippen LogP contribution in [0.1, 0.15) is 63.9 Å². The lowest BCUT2D eigenvalue weighted by atomic mass is 9.85. The van der Waals surface area contributed by atoms with Crippen molar-refractivity contribution in [2.24, 2.45) is 11.7 Å². The van der Waals surface area contributed by atoms with Gasteiger partial charge in [-0.25, -0.2) is 0 Å². The van der Waals surface area contributed by atoms with Crippen molar-refractivity contribution in [2.75, 3.05) is 0 Å². The number of aliphatic carboxylic acids is 3. The Hall–Kier alpha value is -2.45. The Bertz CT molecular complexity index is 676. The maximum atomic E-state index is 11.0. The molecule has 0 heterocycles. The summed E-state index contributed by atoms with van der Waals surface area (Å²) in [6, 6.07) is 7.12. The summed E-state index contributed by atoms with van der Waals surface area (Å²) in [7, 11) is 0. The van der Waals surface area contributed by atoms with E-state index in [2.05, 4.69) is 5.32 Å². The molecule has 1 aromatic rings. The van der Waals surface area contributed by atoms with Crippen molar-refractivity contribution in [2.45, 2.75) is 82.8 Å². The number of nitrogens with one attached hydrogen (secondary N) is 1. The average molecular weight is 437 g/mol. The van der Waals surface area contributed by atoms with Crippen LogP contribution >= 0.6 is 0 Å². The van der Waals surface area contributed by atoms with E-state index in [9.17, 15) is 14.4 Å². The molecule has 8 nitrogen and oxygen atoms in total. The first kappa shape index (κ1) is 26.6. The summed E-state index contributed by atoms with van der Waals surface area (Å²) in [6.07, 6.45) is 9.10. The molecule has 1 aliphatic rings. The zero-order valence-electron chi connectivity index (χ0n) is 18.2. The molecule has 0 radical (unpaired) electrons. The van der Waals surface area contributed by atoms with E-state index in [4.69, 9.17) is 21.1 Å². The Balaban J connectivity index is 0.000000327. The van der Waals surface area contributed by atoms with Crippen molar-refractivity contribution in [3.05, 3.63) is 35.9 Å². The minimum atomic E-state index is -1.05. The molecule has 0 aromatic heterocycles. The van der Waals surface area contributed by atoms with Gasteiger partial charge in [-0.2, -0.15) is 0 Å². The van der Waals surface area contributed by atoms with Gasteiger partial charge in [0, 0.05) is 0 Å². The normalized spacial score (nSPS) is 17.0. The van der Waals surface area contributed by atoms with Gasteiger partial charge in [0.2, 0.25) is 0 Å². The van der Waals surface area contributed by atoms with Gasteiger partial charge in [0.1, 0.15) is 18.1 Å².